The van der Waals surface area contributed by atoms with E-state index in [0.717, 1.165) is 31.7 Å². The fourth-order valence-corrected chi connectivity index (χ4v) is 2.61. The Morgan fingerprint density at radius 2 is 2.11 bits per heavy atom. The van der Waals surface area contributed by atoms with Gasteiger partial charge in [-0.1, -0.05) is 17.7 Å². The third-order valence-electron chi connectivity index (χ3n) is 3.38. The van der Waals surface area contributed by atoms with Gasteiger partial charge in [-0.15, -0.1) is 0 Å². The molecule has 1 heterocycles. The Morgan fingerprint density at radius 1 is 1.44 bits per heavy atom. The first-order chi connectivity index (χ1) is 8.61. The zero-order valence-corrected chi connectivity index (χ0v) is 11.2. The third-order valence-corrected chi connectivity index (χ3v) is 3.69. The molecule has 1 saturated heterocycles. The predicted molar refractivity (Wildman–Crippen MR) is 74.7 cm³/mol. The molecule has 1 aliphatic rings. The number of hydrogen-bond donors (Lipinski definition) is 2. The van der Waals surface area contributed by atoms with Gasteiger partial charge in [0.15, 0.2) is 0 Å². The second kappa shape index (κ2) is 5.59. The van der Waals surface area contributed by atoms with E-state index < -0.39 is 0 Å². The second-order valence-electron chi connectivity index (χ2n) is 4.50. The quantitative estimate of drug-likeness (QED) is 0.652. The van der Waals surface area contributed by atoms with Gasteiger partial charge in [0.2, 0.25) is 0 Å². The standard InChI is InChI=1S/C13H18ClN3O/c1-17(9-5-7-18-8-6-9)11-4-2-3-10(14)12(11)13(15)16/h2-4,9H,5-8H2,1H3,(H3,15,16). The highest BCUT2D eigenvalue weighted by Gasteiger charge is 2.22. The highest BCUT2D eigenvalue weighted by molar-refractivity contribution is 6.34. The molecule has 5 heteroatoms. The van der Waals surface area contributed by atoms with E-state index in [2.05, 4.69) is 4.90 Å². The lowest BCUT2D eigenvalue weighted by molar-refractivity contribution is 0.0855. The lowest BCUT2D eigenvalue weighted by atomic mass is 10.0. The van der Waals surface area contributed by atoms with Gasteiger partial charge in [-0.05, 0) is 25.0 Å². The molecule has 0 spiro atoms. The minimum atomic E-state index is 0.00881. The minimum absolute atomic E-state index is 0.00881. The number of nitrogens with zero attached hydrogens (tertiary/aromatic N) is 1. The summed E-state index contributed by atoms with van der Waals surface area (Å²) in [5.41, 5.74) is 7.17. The molecule has 0 bridgehead atoms. The van der Waals surface area contributed by atoms with Crippen LogP contribution in [0.4, 0.5) is 5.69 Å². The average Bonchev–Trinajstić information content (AvgIpc) is 2.38. The van der Waals surface area contributed by atoms with Crippen molar-refractivity contribution in [3.8, 4) is 0 Å². The van der Waals surface area contributed by atoms with Crippen molar-refractivity contribution in [2.24, 2.45) is 5.73 Å². The molecule has 3 N–H and O–H groups in total. The number of amidine groups is 1. The van der Waals surface area contributed by atoms with Crippen LogP contribution in [0.3, 0.4) is 0 Å². The third kappa shape index (κ3) is 2.60. The van der Waals surface area contributed by atoms with Crippen LogP contribution in [-0.4, -0.2) is 32.1 Å². The molecule has 0 unspecified atom stereocenters. The Kier molecular flexibility index (Phi) is 4.09. The number of halogens is 1. The zero-order valence-electron chi connectivity index (χ0n) is 10.4. The van der Waals surface area contributed by atoms with E-state index in [1.54, 1.807) is 6.07 Å². The number of nitrogens with two attached hydrogens (primary N) is 1. The Hall–Kier alpha value is -1.26. The summed E-state index contributed by atoms with van der Waals surface area (Å²) in [5.74, 6) is 0.00881. The van der Waals surface area contributed by atoms with Gasteiger partial charge in [0.1, 0.15) is 5.84 Å². The Morgan fingerprint density at radius 3 is 2.72 bits per heavy atom. The van der Waals surface area contributed by atoms with E-state index in [4.69, 9.17) is 27.5 Å². The maximum Gasteiger partial charge on any atom is 0.126 e. The van der Waals surface area contributed by atoms with Crippen LogP contribution in [0.25, 0.3) is 0 Å². The van der Waals surface area contributed by atoms with E-state index >= 15 is 0 Å². The maximum absolute atomic E-state index is 7.67. The number of nitrogen functional groups attached to an aromatic ring is 1. The predicted octanol–water partition coefficient (Wildman–Crippen LogP) is 2.24. The summed E-state index contributed by atoms with van der Waals surface area (Å²) < 4.78 is 5.37. The van der Waals surface area contributed by atoms with E-state index in [9.17, 15) is 0 Å². The Labute approximate surface area is 112 Å². The summed E-state index contributed by atoms with van der Waals surface area (Å²) in [5, 5.41) is 8.19. The van der Waals surface area contributed by atoms with Crippen LogP contribution < -0.4 is 10.6 Å². The van der Waals surface area contributed by atoms with Crippen molar-refractivity contribution >= 4 is 23.1 Å². The van der Waals surface area contributed by atoms with Crippen molar-refractivity contribution < 1.29 is 4.74 Å². The van der Waals surface area contributed by atoms with Gasteiger partial charge in [-0.2, -0.15) is 0 Å². The van der Waals surface area contributed by atoms with E-state index in [1.807, 2.05) is 19.2 Å². The lowest BCUT2D eigenvalue weighted by Crippen LogP contribution is -2.37. The van der Waals surface area contributed by atoms with Gasteiger partial charge in [0.05, 0.1) is 10.6 Å². The maximum atomic E-state index is 7.67. The second-order valence-corrected chi connectivity index (χ2v) is 4.91. The monoisotopic (exact) mass is 267 g/mol. The number of ether oxygens (including phenoxy) is 1. The first-order valence-corrected chi connectivity index (χ1v) is 6.42. The molecule has 1 aromatic carbocycles. The number of rotatable bonds is 3. The molecule has 0 atom stereocenters. The molecule has 18 heavy (non-hydrogen) atoms. The van der Waals surface area contributed by atoms with E-state index in [0.29, 0.717) is 16.6 Å². The normalized spacial score (nSPS) is 16.6. The molecule has 0 aliphatic carbocycles. The molecule has 0 aromatic heterocycles. The van der Waals surface area contributed by atoms with Gasteiger partial charge < -0.3 is 15.4 Å². The molecule has 4 nitrogen and oxygen atoms in total. The molecule has 2 rings (SSSR count). The van der Waals surface area contributed by atoms with Crippen molar-refractivity contribution in [3.63, 3.8) is 0 Å². The molecular formula is C13H18ClN3O. The lowest BCUT2D eigenvalue weighted by Gasteiger charge is -2.34. The molecular weight excluding hydrogens is 250 g/mol. The highest BCUT2D eigenvalue weighted by atomic mass is 35.5. The van der Waals surface area contributed by atoms with Crippen molar-refractivity contribution in [2.45, 2.75) is 18.9 Å². The van der Waals surface area contributed by atoms with Crippen LogP contribution in [0, 0.1) is 5.41 Å². The molecule has 1 aliphatic heterocycles. The average molecular weight is 268 g/mol. The molecule has 0 radical (unpaired) electrons. The van der Waals surface area contributed by atoms with Crippen LogP contribution in [0.5, 0.6) is 0 Å². The fraction of sp³-hybridized carbons (Fsp3) is 0.462. The summed E-state index contributed by atoms with van der Waals surface area (Å²) in [6, 6.07) is 6.02. The van der Waals surface area contributed by atoms with Crippen LogP contribution in [0.1, 0.15) is 18.4 Å². The van der Waals surface area contributed by atoms with Gasteiger partial charge in [-0.3, -0.25) is 5.41 Å². The molecule has 98 valence electrons. The van der Waals surface area contributed by atoms with Crippen molar-refractivity contribution in [1.29, 1.82) is 5.41 Å². The highest BCUT2D eigenvalue weighted by Crippen LogP contribution is 2.29. The van der Waals surface area contributed by atoms with Gasteiger partial charge in [-0.25, -0.2) is 0 Å². The van der Waals surface area contributed by atoms with Crippen molar-refractivity contribution in [3.05, 3.63) is 28.8 Å². The number of anilines is 1. The first-order valence-electron chi connectivity index (χ1n) is 6.04. The number of benzene rings is 1. The Bertz CT molecular complexity index is 444. The van der Waals surface area contributed by atoms with Crippen LogP contribution in [0.2, 0.25) is 5.02 Å². The van der Waals surface area contributed by atoms with Gasteiger partial charge in [0, 0.05) is 32.0 Å². The summed E-state index contributed by atoms with van der Waals surface area (Å²) in [6.45, 7) is 1.57. The number of hydrogen-bond acceptors (Lipinski definition) is 3. The topological polar surface area (TPSA) is 62.3 Å². The van der Waals surface area contributed by atoms with Crippen molar-refractivity contribution in [2.75, 3.05) is 25.2 Å². The van der Waals surface area contributed by atoms with Crippen LogP contribution in [0.15, 0.2) is 18.2 Å². The van der Waals surface area contributed by atoms with Gasteiger partial charge >= 0.3 is 0 Å². The molecule has 0 amide bonds. The van der Waals surface area contributed by atoms with Crippen LogP contribution >= 0.6 is 11.6 Å². The summed E-state index contributed by atoms with van der Waals surface area (Å²) >= 11 is 6.14. The molecule has 0 saturated carbocycles. The van der Waals surface area contributed by atoms with Crippen molar-refractivity contribution in [1.82, 2.24) is 0 Å². The van der Waals surface area contributed by atoms with Crippen LogP contribution in [-0.2, 0) is 4.74 Å². The SMILES string of the molecule is CN(c1cccc(Cl)c1C(=N)N)C1CCOCC1. The zero-order chi connectivity index (χ0) is 13.1. The fourth-order valence-electron chi connectivity index (χ4n) is 2.34. The summed E-state index contributed by atoms with van der Waals surface area (Å²) in [7, 11) is 2.02. The summed E-state index contributed by atoms with van der Waals surface area (Å²) in [4.78, 5) is 2.16. The minimum Gasteiger partial charge on any atom is -0.384 e. The van der Waals surface area contributed by atoms with E-state index in [1.165, 1.54) is 0 Å². The largest absolute Gasteiger partial charge is 0.384 e. The van der Waals surface area contributed by atoms with Gasteiger partial charge in [0.25, 0.3) is 0 Å². The van der Waals surface area contributed by atoms with E-state index in [-0.39, 0.29) is 5.84 Å². The summed E-state index contributed by atoms with van der Waals surface area (Å²) in [6.07, 6.45) is 1.97. The Balaban J connectivity index is 2.31. The molecule has 1 aromatic rings. The first kappa shape index (κ1) is 13.2. The smallest absolute Gasteiger partial charge is 0.126 e. The number of nitrogens with one attached hydrogen (secondary N) is 1. The molecule has 1 fully saturated rings.